The minimum Gasteiger partial charge on any atom is -0.383 e. The Morgan fingerprint density at radius 3 is 3.05 bits per heavy atom. The Labute approximate surface area is 130 Å². The quantitative estimate of drug-likeness (QED) is 0.836. The van der Waals surface area contributed by atoms with Gasteiger partial charge in [0.05, 0.1) is 12.0 Å². The Bertz CT molecular complexity index is 477. The van der Waals surface area contributed by atoms with Crippen LogP contribution in [0.4, 0.5) is 0 Å². The normalized spacial score (nSPS) is 26.9. The first-order valence-corrected chi connectivity index (χ1v) is 8.69. The van der Waals surface area contributed by atoms with E-state index in [1.807, 2.05) is 4.90 Å². The lowest BCUT2D eigenvalue weighted by Crippen LogP contribution is -2.47. The molecule has 0 saturated carbocycles. The average Bonchev–Trinajstić information content (AvgIpc) is 3.09. The van der Waals surface area contributed by atoms with E-state index in [1.54, 1.807) is 18.4 Å². The molecule has 1 spiro atoms. The van der Waals surface area contributed by atoms with Crippen LogP contribution < -0.4 is 0 Å². The number of piperidine rings is 1. The number of rotatable bonds is 5. The van der Waals surface area contributed by atoms with Gasteiger partial charge in [-0.3, -0.25) is 9.69 Å². The van der Waals surface area contributed by atoms with Gasteiger partial charge in [-0.1, -0.05) is 0 Å². The highest BCUT2D eigenvalue weighted by atomic mass is 32.1. The van der Waals surface area contributed by atoms with Gasteiger partial charge in [-0.25, -0.2) is 0 Å². The van der Waals surface area contributed by atoms with Crippen molar-refractivity contribution in [3.8, 4) is 0 Å². The smallest absolute Gasteiger partial charge is 0.230 e. The third-order valence-electron chi connectivity index (χ3n) is 4.81. The van der Waals surface area contributed by atoms with Gasteiger partial charge in [-0.2, -0.15) is 11.3 Å². The van der Waals surface area contributed by atoms with E-state index in [1.165, 1.54) is 5.56 Å². The fraction of sp³-hybridized carbons (Fsp3) is 0.688. The molecule has 0 aliphatic carbocycles. The van der Waals surface area contributed by atoms with Crippen LogP contribution in [0.2, 0.25) is 0 Å². The second-order valence-electron chi connectivity index (χ2n) is 6.26. The molecule has 1 aromatic heterocycles. The summed E-state index contributed by atoms with van der Waals surface area (Å²) >= 11 is 1.75. The van der Waals surface area contributed by atoms with Gasteiger partial charge in [0.2, 0.25) is 5.91 Å². The second kappa shape index (κ2) is 6.46. The number of amides is 1. The highest BCUT2D eigenvalue weighted by Crippen LogP contribution is 2.40. The molecule has 4 nitrogen and oxygen atoms in total. The van der Waals surface area contributed by atoms with Gasteiger partial charge in [0.15, 0.2) is 0 Å². The molecule has 3 rings (SSSR count). The van der Waals surface area contributed by atoms with Crippen molar-refractivity contribution in [3.63, 3.8) is 0 Å². The molecule has 5 heteroatoms. The number of likely N-dealkylation sites (tertiary alicyclic amines) is 2. The molecule has 2 aliphatic heterocycles. The topological polar surface area (TPSA) is 32.8 Å². The summed E-state index contributed by atoms with van der Waals surface area (Å²) in [4.78, 5) is 17.2. The molecule has 116 valence electrons. The van der Waals surface area contributed by atoms with E-state index in [9.17, 15) is 4.79 Å². The number of carbonyl (C=O) groups is 1. The van der Waals surface area contributed by atoms with Crippen molar-refractivity contribution in [2.24, 2.45) is 5.41 Å². The third kappa shape index (κ3) is 3.15. The molecule has 2 aliphatic rings. The van der Waals surface area contributed by atoms with E-state index in [0.29, 0.717) is 12.5 Å². The maximum atomic E-state index is 12.8. The lowest BCUT2D eigenvalue weighted by atomic mass is 9.78. The molecule has 0 unspecified atom stereocenters. The Balaban J connectivity index is 1.63. The molecule has 2 fully saturated rings. The van der Waals surface area contributed by atoms with Crippen LogP contribution in [0, 0.1) is 5.41 Å². The molecule has 2 saturated heterocycles. The monoisotopic (exact) mass is 308 g/mol. The van der Waals surface area contributed by atoms with Gasteiger partial charge in [0.25, 0.3) is 0 Å². The first kappa shape index (κ1) is 15.0. The average molecular weight is 308 g/mol. The van der Waals surface area contributed by atoms with E-state index in [-0.39, 0.29) is 5.41 Å². The maximum Gasteiger partial charge on any atom is 0.230 e. The van der Waals surface area contributed by atoms with Crippen molar-refractivity contribution < 1.29 is 9.53 Å². The first-order chi connectivity index (χ1) is 10.2. The van der Waals surface area contributed by atoms with Crippen LogP contribution in [0.1, 0.15) is 24.8 Å². The number of thiophene rings is 1. The summed E-state index contributed by atoms with van der Waals surface area (Å²) in [5, 5.41) is 4.34. The zero-order chi connectivity index (χ0) is 14.7. The van der Waals surface area contributed by atoms with Crippen molar-refractivity contribution in [1.82, 2.24) is 9.80 Å². The standard InChI is InChI=1S/C16H24N2O2S/c1-20-9-8-18-7-5-16(15(18)19)4-2-6-17(13-16)11-14-3-10-21-12-14/h3,10,12H,2,4-9,11,13H2,1H3/t16-/m1/s1. The van der Waals surface area contributed by atoms with Gasteiger partial charge >= 0.3 is 0 Å². The van der Waals surface area contributed by atoms with E-state index in [4.69, 9.17) is 4.74 Å². The van der Waals surface area contributed by atoms with Crippen LogP contribution in [0.5, 0.6) is 0 Å². The van der Waals surface area contributed by atoms with Crippen LogP contribution in [-0.4, -0.2) is 55.6 Å². The number of carbonyl (C=O) groups excluding carboxylic acids is 1. The summed E-state index contributed by atoms with van der Waals surface area (Å²) in [6.07, 6.45) is 3.19. The molecular formula is C16H24N2O2S. The predicted molar refractivity (Wildman–Crippen MR) is 84.3 cm³/mol. The lowest BCUT2D eigenvalue weighted by molar-refractivity contribution is -0.139. The highest BCUT2D eigenvalue weighted by molar-refractivity contribution is 7.07. The van der Waals surface area contributed by atoms with Crippen molar-refractivity contribution in [1.29, 1.82) is 0 Å². The van der Waals surface area contributed by atoms with Gasteiger partial charge < -0.3 is 9.64 Å². The fourth-order valence-electron chi connectivity index (χ4n) is 3.69. The number of hydrogen-bond donors (Lipinski definition) is 0. The number of ether oxygens (including phenoxy) is 1. The summed E-state index contributed by atoms with van der Waals surface area (Å²) in [7, 11) is 1.69. The van der Waals surface area contributed by atoms with Crippen LogP contribution >= 0.6 is 11.3 Å². The van der Waals surface area contributed by atoms with Crippen LogP contribution in [0.3, 0.4) is 0 Å². The largest absolute Gasteiger partial charge is 0.383 e. The second-order valence-corrected chi connectivity index (χ2v) is 7.04. The molecule has 1 amide bonds. The van der Waals surface area contributed by atoms with Crippen molar-refractivity contribution in [3.05, 3.63) is 22.4 Å². The van der Waals surface area contributed by atoms with Gasteiger partial charge in [0, 0.05) is 33.3 Å². The van der Waals surface area contributed by atoms with Gasteiger partial charge in [-0.05, 0) is 48.2 Å². The van der Waals surface area contributed by atoms with Gasteiger partial charge in [-0.15, -0.1) is 0 Å². The van der Waals surface area contributed by atoms with Crippen LogP contribution in [0.15, 0.2) is 16.8 Å². The van der Waals surface area contributed by atoms with E-state index in [2.05, 4.69) is 21.7 Å². The molecule has 0 bridgehead atoms. The molecule has 0 aromatic carbocycles. The molecule has 1 aromatic rings. The third-order valence-corrected chi connectivity index (χ3v) is 5.54. The van der Waals surface area contributed by atoms with Crippen LogP contribution in [-0.2, 0) is 16.1 Å². The summed E-state index contributed by atoms with van der Waals surface area (Å²) < 4.78 is 5.12. The predicted octanol–water partition coefficient (Wildman–Crippen LogP) is 2.21. The summed E-state index contributed by atoms with van der Waals surface area (Å²) in [5.74, 6) is 0.356. The Kier molecular flexibility index (Phi) is 4.62. The lowest BCUT2D eigenvalue weighted by Gasteiger charge is -2.39. The zero-order valence-corrected chi connectivity index (χ0v) is 13.5. The number of hydrogen-bond acceptors (Lipinski definition) is 4. The van der Waals surface area contributed by atoms with Gasteiger partial charge in [0.1, 0.15) is 0 Å². The molecule has 21 heavy (non-hydrogen) atoms. The first-order valence-electron chi connectivity index (χ1n) is 7.75. The molecule has 0 N–H and O–H groups in total. The van der Waals surface area contributed by atoms with E-state index < -0.39 is 0 Å². The number of nitrogens with zero attached hydrogens (tertiary/aromatic N) is 2. The minimum atomic E-state index is -0.123. The summed E-state index contributed by atoms with van der Waals surface area (Å²) in [6.45, 7) is 5.29. The molecule has 1 atom stereocenters. The fourth-order valence-corrected chi connectivity index (χ4v) is 4.35. The Morgan fingerprint density at radius 2 is 2.29 bits per heavy atom. The zero-order valence-electron chi connectivity index (χ0n) is 12.7. The Morgan fingerprint density at radius 1 is 1.38 bits per heavy atom. The summed E-state index contributed by atoms with van der Waals surface area (Å²) in [6, 6.07) is 2.19. The van der Waals surface area contributed by atoms with Crippen molar-refractivity contribution in [2.45, 2.75) is 25.8 Å². The van der Waals surface area contributed by atoms with E-state index >= 15 is 0 Å². The summed E-state index contributed by atoms with van der Waals surface area (Å²) in [5.41, 5.74) is 1.25. The minimum absolute atomic E-state index is 0.123. The highest BCUT2D eigenvalue weighted by Gasteiger charge is 2.48. The number of methoxy groups -OCH3 is 1. The Hall–Kier alpha value is -0.910. The SMILES string of the molecule is COCCN1CC[C@@]2(CCCN(Cc3ccsc3)C2)C1=O. The van der Waals surface area contributed by atoms with E-state index in [0.717, 1.165) is 52.0 Å². The van der Waals surface area contributed by atoms with Crippen molar-refractivity contribution in [2.75, 3.05) is 39.9 Å². The molecule has 3 heterocycles. The van der Waals surface area contributed by atoms with Crippen molar-refractivity contribution >= 4 is 17.2 Å². The maximum absolute atomic E-state index is 12.8. The molecular weight excluding hydrogens is 284 g/mol. The van der Waals surface area contributed by atoms with Crippen LogP contribution in [0.25, 0.3) is 0 Å². The molecule has 0 radical (unpaired) electrons.